The smallest absolute Gasteiger partial charge is 0.236 e. The van der Waals surface area contributed by atoms with Gasteiger partial charge in [-0.25, -0.2) is 9.97 Å². The zero-order chi connectivity index (χ0) is 21.8. The van der Waals surface area contributed by atoms with Gasteiger partial charge in [-0.2, -0.15) is 5.26 Å². The summed E-state index contributed by atoms with van der Waals surface area (Å²) < 4.78 is 3.18. The second-order valence-electron chi connectivity index (χ2n) is 8.03. The maximum Gasteiger partial charge on any atom is 0.236 e. The molecule has 0 radical (unpaired) electrons. The van der Waals surface area contributed by atoms with Crippen LogP contribution in [0.3, 0.4) is 0 Å². The van der Waals surface area contributed by atoms with Crippen LogP contribution in [0.5, 0.6) is 0 Å². The lowest BCUT2D eigenvalue weighted by atomic mass is 9.88. The van der Waals surface area contributed by atoms with Gasteiger partial charge in [-0.3, -0.25) is 9.52 Å². The van der Waals surface area contributed by atoms with Crippen LogP contribution < -0.4 is 10.0 Å². The van der Waals surface area contributed by atoms with Crippen molar-refractivity contribution in [2.24, 2.45) is 0 Å². The van der Waals surface area contributed by atoms with Gasteiger partial charge >= 0.3 is 0 Å². The van der Waals surface area contributed by atoms with Crippen molar-refractivity contribution < 1.29 is 4.79 Å². The lowest BCUT2D eigenvalue weighted by Gasteiger charge is -2.23. The molecule has 0 bridgehead atoms. The van der Waals surface area contributed by atoms with Crippen molar-refractivity contribution in [1.29, 1.82) is 5.26 Å². The van der Waals surface area contributed by atoms with Crippen molar-refractivity contribution in [2.45, 2.75) is 37.4 Å². The number of anilines is 2. The number of rotatable bonds is 7. The topological polar surface area (TPSA) is 90.7 Å². The zero-order valence-corrected chi connectivity index (χ0v) is 18.2. The largest absolute Gasteiger partial charge is 0.325 e. The Morgan fingerprint density at radius 2 is 1.90 bits per heavy atom. The summed E-state index contributed by atoms with van der Waals surface area (Å²) in [6, 6.07) is 19.0. The Morgan fingerprint density at radius 1 is 1.13 bits per heavy atom. The van der Waals surface area contributed by atoms with Gasteiger partial charge in [0.25, 0.3) is 0 Å². The van der Waals surface area contributed by atoms with Crippen molar-refractivity contribution in [1.82, 2.24) is 9.97 Å². The first-order valence-electron chi connectivity index (χ1n) is 10.1. The Labute approximate surface area is 186 Å². The van der Waals surface area contributed by atoms with Crippen LogP contribution in [0, 0.1) is 11.3 Å². The lowest BCUT2D eigenvalue weighted by molar-refractivity contribution is -0.120. The summed E-state index contributed by atoms with van der Waals surface area (Å²) in [7, 11) is 0. The van der Waals surface area contributed by atoms with Crippen molar-refractivity contribution in [3.63, 3.8) is 0 Å². The van der Waals surface area contributed by atoms with E-state index in [9.17, 15) is 4.79 Å². The molecule has 0 spiro atoms. The average molecular weight is 430 g/mol. The number of nitriles is 1. The number of aromatic nitrogens is 2. The van der Waals surface area contributed by atoms with Crippen LogP contribution in [0.2, 0.25) is 0 Å². The third-order valence-corrected chi connectivity index (χ3v) is 6.28. The predicted octanol–water partition coefficient (Wildman–Crippen LogP) is 5.15. The summed E-state index contributed by atoms with van der Waals surface area (Å²) in [4.78, 5) is 21.8. The molecule has 31 heavy (non-hydrogen) atoms. The maximum absolute atomic E-state index is 13.0. The molecule has 1 aliphatic carbocycles. The number of hydrogen-bond donors (Lipinski definition) is 2. The number of nitrogens with zero attached hydrogens (tertiary/aromatic N) is 3. The SMILES string of the molecule is CC(C)(C(=O)Nc1ccc(-c2cccc(C#N)c2)cc1)c1ccnc(NSC2CC2)n1. The van der Waals surface area contributed by atoms with Gasteiger partial charge in [-0.1, -0.05) is 24.3 Å². The zero-order valence-electron chi connectivity index (χ0n) is 17.4. The lowest BCUT2D eigenvalue weighted by Crippen LogP contribution is -2.35. The highest BCUT2D eigenvalue weighted by molar-refractivity contribution is 8.01. The van der Waals surface area contributed by atoms with E-state index in [2.05, 4.69) is 26.1 Å². The Hall–Kier alpha value is -3.37. The van der Waals surface area contributed by atoms with E-state index >= 15 is 0 Å². The van der Waals surface area contributed by atoms with Crippen molar-refractivity contribution in [3.8, 4) is 17.2 Å². The molecule has 0 unspecified atom stereocenters. The monoisotopic (exact) mass is 429 g/mol. The quantitative estimate of drug-likeness (QED) is 0.505. The maximum atomic E-state index is 13.0. The number of amides is 1. The van der Waals surface area contributed by atoms with Gasteiger partial charge < -0.3 is 5.32 Å². The van der Waals surface area contributed by atoms with Crippen LogP contribution in [-0.4, -0.2) is 21.1 Å². The summed E-state index contributed by atoms with van der Waals surface area (Å²) in [6.45, 7) is 3.70. The van der Waals surface area contributed by atoms with Gasteiger partial charge in [0.2, 0.25) is 11.9 Å². The van der Waals surface area contributed by atoms with E-state index in [0.717, 1.165) is 11.1 Å². The minimum atomic E-state index is -0.830. The Kier molecular flexibility index (Phi) is 5.92. The van der Waals surface area contributed by atoms with E-state index in [1.165, 1.54) is 12.8 Å². The molecule has 0 saturated heterocycles. The van der Waals surface area contributed by atoms with E-state index < -0.39 is 5.41 Å². The van der Waals surface area contributed by atoms with Gasteiger partial charge in [0.15, 0.2) is 0 Å². The molecule has 156 valence electrons. The molecule has 1 heterocycles. The van der Waals surface area contributed by atoms with Crippen LogP contribution >= 0.6 is 11.9 Å². The fourth-order valence-electron chi connectivity index (χ4n) is 3.00. The van der Waals surface area contributed by atoms with Crippen LogP contribution in [0.25, 0.3) is 11.1 Å². The van der Waals surface area contributed by atoms with Crippen LogP contribution in [0.1, 0.15) is 37.9 Å². The summed E-state index contributed by atoms with van der Waals surface area (Å²) in [5, 5.41) is 12.7. The summed E-state index contributed by atoms with van der Waals surface area (Å²) in [6.07, 6.45) is 4.11. The molecule has 2 aromatic carbocycles. The van der Waals surface area contributed by atoms with E-state index in [1.807, 2.05) is 56.3 Å². The highest BCUT2D eigenvalue weighted by Crippen LogP contribution is 2.34. The second kappa shape index (κ2) is 8.78. The molecule has 1 amide bonds. The highest BCUT2D eigenvalue weighted by Gasteiger charge is 2.32. The van der Waals surface area contributed by atoms with Crippen molar-refractivity contribution in [3.05, 3.63) is 72.1 Å². The standard InChI is InChI=1S/C24H23N5OS/c1-24(2,21-12-13-26-23(28-21)29-31-20-10-11-20)22(30)27-19-8-6-17(7-9-19)18-5-3-4-16(14-18)15-25/h3-9,12-14,20H,10-11H2,1-2H3,(H,27,30)(H,26,28,29). The van der Waals surface area contributed by atoms with Crippen LogP contribution in [-0.2, 0) is 10.2 Å². The first-order chi connectivity index (χ1) is 15.0. The first-order valence-corrected chi connectivity index (χ1v) is 11.0. The molecule has 4 rings (SSSR count). The Bertz CT molecular complexity index is 1130. The van der Waals surface area contributed by atoms with E-state index in [1.54, 1.807) is 30.3 Å². The fourth-order valence-corrected chi connectivity index (χ4v) is 3.74. The molecule has 1 fully saturated rings. The van der Waals surface area contributed by atoms with Gasteiger partial charge in [-0.05, 0) is 80.1 Å². The van der Waals surface area contributed by atoms with Gasteiger partial charge in [0.05, 0.1) is 22.7 Å². The van der Waals surface area contributed by atoms with Crippen molar-refractivity contribution >= 4 is 29.5 Å². The molecule has 2 N–H and O–H groups in total. The predicted molar refractivity (Wildman–Crippen MR) is 125 cm³/mol. The highest BCUT2D eigenvalue weighted by atomic mass is 32.2. The van der Waals surface area contributed by atoms with Crippen LogP contribution in [0.15, 0.2) is 60.8 Å². The minimum Gasteiger partial charge on any atom is -0.325 e. The summed E-state index contributed by atoms with van der Waals surface area (Å²) in [5.74, 6) is 0.380. The fraction of sp³-hybridized carbons (Fsp3) is 0.250. The van der Waals surface area contributed by atoms with Gasteiger partial charge in [0.1, 0.15) is 0 Å². The molecule has 6 nitrogen and oxygen atoms in total. The molecule has 1 aromatic heterocycles. The molecule has 0 aliphatic heterocycles. The number of hydrogen-bond acceptors (Lipinski definition) is 6. The van der Waals surface area contributed by atoms with Crippen molar-refractivity contribution in [2.75, 3.05) is 10.0 Å². The number of carbonyl (C=O) groups excluding carboxylic acids is 1. The Balaban J connectivity index is 1.45. The van der Waals surface area contributed by atoms with E-state index in [0.29, 0.717) is 28.1 Å². The molecule has 0 atom stereocenters. The summed E-state index contributed by atoms with van der Waals surface area (Å²) >= 11 is 1.63. The normalized spacial score (nSPS) is 13.3. The molecule has 3 aromatic rings. The first kappa shape index (κ1) is 20.9. The molecule has 1 aliphatic rings. The molecular formula is C24H23N5OS. The van der Waals surface area contributed by atoms with Crippen LogP contribution in [0.4, 0.5) is 11.6 Å². The second-order valence-corrected chi connectivity index (χ2v) is 9.14. The van der Waals surface area contributed by atoms with Gasteiger partial charge in [0, 0.05) is 17.1 Å². The van der Waals surface area contributed by atoms with Gasteiger partial charge in [-0.15, -0.1) is 0 Å². The average Bonchev–Trinajstić information content (AvgIpc) is 3.63. The number of benzene rings is 2. The molecule has 1 saturated carbocycles. The number of carbonyl (C=O) groups is 1. The third kappa shape index (κ3) is 5.04. The third-order valence-electron chi connectivity index (χ3n) is 5.17. The molecule has 7 heteroatoms. The summed E-state index contributed by atoms with van der Waals surface area (Å²) in [5.41, 5.74) is 3.09. The Morgan fingerprint density at radius 3 is 2.61 bits per heavy atom. The van der Waals surface area contributed by atoms with E-state index in [-0.39, 0.29) is 5.91 Å². The minimum absolute atomic E-state index is 0.147. The number of nitrogens with one attached hydrogen (secondary N) is 2. The molecular weight excluding hydrogens is 406 g/mol. The van der Waals surface area contributed by atoms with E-state index in [4.69, 9.17) is 5.26 Å².